The maximum atomic E-state index is 12.0. The quantitative estimate of drug-likeness (QED) is 0.820. The molecule has 1 amide bonds. The molecule has 0 bridgehead atoms. The maximum absolute atomic E-state index is 12.0. The number of aliphatic carboxylic acids is 1. The summed E-state index contributed by atoms with van der Waals surface area (Å²) >= 11 is 0. The van der Waals surface area contributed by atoms with Gasteiger partial charge in [-0.25, -0.2) is 0 Å². The van der Waals surface area contributed by atoms with Gasteiger partial charge in [-0.05, 0) is 11.6 Å². The third-order valence-electron chi connectivity index (χ3n) is 3.05. The van der Waals surface area contributed by atoms with Gasteiger partial charge in [0.2, 0.25) is 5.91 Å². The highest BCUT2D eigenvalue weighted by Gasteiger charge is 2.35. The van der Waals surface area contributed by atoms with E-state index in [1.54, 1.807) is 24.3 Å². The summed E-state index contributed by atoms with van der Waals surface area (Å²) in [6.07, 6.45) is 5.75. The summed E-state index contributed by atoms with van der Waals surface area (Å²) in [6.45, 7) is 0.193. The lowest BCUT2D eigenvalue weighted by molar-refractivity contribution is -0.138. The van der Waals surface area contributed by atoms with Gasteiger partial charge in [0.25, 0.3) is 0 Å². The largest absolute Gasteiger partial charge is 0.481 e. The van der Waals surface area contributed by atoms with Crippen LogP contribution in [0.1, 0.15) is 24.3 Å². The molecule has 0 spiro atoms. The first-order valence-corrected chi connectivity index (χ1v) is 5.70. The summed E-state index contributed by atoms with van der Waals surface area (Å²) in [5.41, 5.74) is 1.38. The van der Waals surface area contributed by atoms with Gasteiger partial charge in [0.1, 0.15) is 5.92 Å². The second-order valence-corrected chi connectivity index (χ2v) is 4.16. The average molecular weight is 243 g/mol. The molecule has 1 N–H and O–H groups in total. The van der Waals surface area contributed by atoms with Crippen molar-refractivity contribution in [1.29, 1.82) is 0 Å². The zero-order valence-electron chi connectivity index (χ0n) is 9.80. The normalized spacial score (nSPS) is 17.1. The van der Waals surface area contributed by atoms with Gasteiger partial charge in [0.05, 0.1) is 0 Å². The van der Waals surface area contributed by atoms with Gasteiger partial charge < -0.3 is 10.0 Å². The molecule has 0 aliphatic carbocycles. The van der Waals surface area contributed by atoms with Crippen LogP contribution in [0.25, 0.3) is 0 Å². The van der Waals surface area contributed by atoms with Crippen molar-refractivity contribution in [2.24, 2.45) is 0 Å². The number of nitrogens with zero attached hydrogens (tertiary/aromatic N) is 1. The van der Waals surface area contributed by atoms with Crippen LogP contribution in [0.3, 0.4) is 0 Å². The number of hydrogen-bond donors (Lipinski definition) is 1. The molecule has 4 nitrogen and oxygen atoms in total. The Morgan fingerprint density at radius 2 is 2.17 bits per heavy atom. The number of rotatable bonds is 3. The van der Waals surface area contributed by atoms with Crippen LogP contribution in [0, 0.1) is 12.3 Å². The predicted octanol–water partition coefficient (Wildman–Crippen LogP) is 1.61. The van der Waals surface area contributed by atoms with Gasteiger partial charge in [-0.15, -0.1) is 12.3 Å². The van der Waals surface area contributed by atoms with Gasteiger partial charge >= 0.3 is 5.97 Å². The van der Waals surface area contributed by atoms with Crippen molar-refractivity contribution in [3.8, 4) is 12.3 Å². The Bertz CT molecular complexity index is 530. The van der Waals surface area contributed by atoms with Crippen LogP contribution in [-0.4, -0.2) is 23.5 Å². The van der Waals surface area contributed by atoms with Crippen LogP contribution in [-0.2, 0) is 9.59 Å². The molecule has 1 heterocycles. The number of anilines is 1. The summed E-state index contributed by atoms with van der Waals surface area (Å²) < 4.78 is 0. The number of carbonyl (C=O) groups excluding carboxylic acids is 1. The number of para-hydroxylation sites is 1. The molecular formula is C14H13NO3. The van der Waals surface area contributed by atoms with Crippen molar-refractivity contribution < 1.29 is 14.7 Å². The number of terminal acetylenes is 1. The number of carboxylic acid groups (broad SMARTS) is 1. The lowest BCUT2D eigenvalue weighted by Crippen LogP contribution is -2.30. The molecule has 1 atom stereocenters. The highest BCUT2D eigenvalue weighted by molar-refractivity contribution is 5.99. The van der Waals surface area contributed by atoms with Crippen molar-refractivity contribution >= 4 is 17.6 Å². The molecule has 0 aromatic heterocycles. The predicted molar refractivity (Wildman–Crippen MR) is 67.2 cm³/mol. The van der Waals surface area contributed by atoms with E-state index in [4.69, 9.17) is 11.5 Å². The molecule has 1 unspecified atom stereocenters. The molecule has 1 aliphatic rings. The molecule has 1 aromatic carbocycles. The van der Waals surface area contributed by atoms with Gasteiger partial charge in [-0.2, -0.15) is 0 Å². The zero-order chi connectivity index (χ0) is 13.1. The van der Waals surface area contributed by atoms with E-state index in [-0.39, 0.29) is 18.9 Å². The summed E-state index contributed by atoms with van der Waals surface area (Å²) in [5.74, 6) is 0.745. The van der Waals surface area contributed by atoms with Crippen LogP contribution < -0.4 is 4.90 Å². The van der Waals surface area contributed by atoms with Gasteiger partial charge in [-0.1, -0.05) is 18.2 Å². The van der Waals surface area contributed by atoms with Crippen LogP contribution >= 0.6 is 0 Å². The van der Waals surface area contributed by atoms with E-state index < -0.39 is 11.9 Å². The highest BCUT2D eigenvalue weighted by atomic mass is 16.4. The number of amides is 1. The molecule has 4 heteroatoms. The molecule has 92 valence electrons. The van der Waals surface area contributed by atoms with Crippen LogP contribution in [0.4, 0.5) is 5.69 Å². The van der Waals surface area contributed by atoms with Gasteiger partial charge in [0.15, 0.2) is 0 Å². The van der Waals surface area contributed by atoms with Crippen LogP contribution in [0.2, 0.25) is 0 Å². The smallest absolute Gasteiger partial charge is 0.312 e. The summed E-state index contributed by atoms with van der Waals surface area (Å²) in [6, 6.07) is 7.10. The average Bonchev–Trinajstić information content (AvgIpc) is 2.75. The molecule has 0 saturated heterocycles. The fourth-order valence-corrected chi connectivity index (χ4v) is 2.17. The number of carboxylic acids is 1. The van der Waals surface area contributed by atoms with Crippen molar-refractivity contribution in [2.45, 2.75) is 18.8 Å². The Morgan fingerprint density at radius 1 is 1.44 bits per heavy atom. The Kier molecular flexibility index (Phi) is 3.33. The van der Waals surface area contributed by atoms with Crippen LogP contribution in [0.5, 0.6) is 0 Å². The van der Waals surface area contributed by atoms with E-state index in [0.29, 0.717) is 17.7 Å². The zero-order valence-corrected chi connectivity index (χ0v) is 9.80. The molecular weight excluding hydrogens is 230 g/mol. The Balaban J connectivity index is 2.28. The van der Waals surface area contributed by atoms with Crippen LogP contribution in [0.15, 0.2) is 24.3 Å². The van der Waals surface area contributed by atoms with E-state index in [1.807, 2.05) is 0 Å². The summed E-state index contributed by atoms with van der Waals surface area (Å²) in [5, 5.41) is 9.17. The second-order valence-electron chi connectivity index (χ2n) is 4.16. The van der Waals surface area contributed by atoms with E-state index in [9.17, 15) is 9.59 Å². The highest BCUT2D eigenvalue weighted by Crippen LogP contribution is 2.36. The van der Waals surface area contributed by atoms with E-state index in [0.717, 1.165) is 0 Å². The minimum absolute atomic E-state index is 0.121. The maximum Gasteiger partial charge on any atom is 0.312 e. The van der Waals surface area contributed by atoms with E-state index >= 15 is 0 Å². The van der Waals surface area contributed by atoms with Crippen molar-refractivity contribution in [3.05, 3.63) is 29.8 Å². The Hall–Kier alpha value is -2.28. The van der Waals surface area contributed by atoms with E-state index in [2.05, 4.69) is 5.92 Å². The lowest BCUT2D eigenvalue weighted by atomic mass is 10.0. The molecule has 0 radical (unpaired) electrons. The van der Waals surface area contributed by atoms with Gasteiger partial charge in [-0.3, -0.25) is 9.59 Å². The third kappa shape index (κ3) is 2.07. The monoisotopic (exact) mass is 243 g/mol. The minimum Gasteiger partial charge on any atom is -0.481 e. The fourth-order valence-electron chi connectivity index (χ4n) is 2.17. The second kappa shape index (κ2) is 4.92. The number of fused-ring (bicyclic) bond motifs is 1. The van der Waals surface area contributed by atoms with Crippen molar-refractivity contribution in [3.63, 3.8) is 0 Å². The number of benzene rings is 1. The van der Waals surface area contributed by atoms with Gasteiger partial charge in [0, 0.05) is 25.1 Å². The van der Waals surface area contributed by atoms with Crippen molar-refractivity contribution in [2.75, 3.05) is 11.4 Å². The molecule has 2 rings (SSSR count). The standard InChI is InChI=1S/C14H13NO3/c1-2-3-8-13(16)15-9-11(14(17)18)10-6-4-5-7-12(10)15/h1,4-7,11H,3,8-9H2,(H,17,18). The minimum atomic E-state index is -0.908. The molecule has 0 saturated carbocycles. The first-order chi connectivity index (χ1) is 8.65. The lowest BCUT2D eigenvalue weighted by Gasteiger charge is -2.16. The summed E-state index contributed by atoms with van der Waals surface area (Å²) in [4.78, 5) is 24.7. The number of carbonyl (C=O) groups is 2. The first-order valence-electron chi connectivity index (χ1n) is 5.70. The SMILES string of the molecule is C#CCCC(=O)N1CC(C(=O)O)c2ccccc21. The Labute approximate surface area is 105 Å². The topological polar surface area (TPSA) is 57.6 Å². The molecule has 1 aromatic rings. The fraction of sp³-hybridized carbons (Fsp3) is 0.286. The first kappa shape index (κ1) is 12.2. The van der Waals surface area contributed by atoms with E-state index in [1.165, 1.54) is 4.90 Å². The Morgan fingerprint density at radius 3 is 2.83 bits per heavy atom. The third-order valence-corrected chi connectivity index (χ3v) is 3.05. The van der Waals surface area contributed by atoms with Crippen molar-refractivity contribution in [1.82, 2.24) is 0 Å². The molecule has 0 fully saturated rings. The molecule has 1 aliphatic heterocycles. The summed E-state index contributed by atoms with van der Waals surface area (Å²) in [7, 11) is 0. The molecule has 18 heavy (non-hydrogen) atoms. The number of hydrogen-bond acceptors (Lipinski definition) is 2.